The van der Waals surface area contributed by atoms with Crippen LogP contribution in [0.5, 0.6) is 0 Å². The van der Waals surface area contributed by atoms with Crippen LogP contribution in [0.3, 0.4) is 0 Å². The molecule has 0 saturated carbocycles. The van der Waals surface area contributed by atoms with Crippen LogP contribution in [0.2, 0.25) is 6.32 Å². The minimum atomic E-state index is -0.192. The molecule has 0 fully saturated rings. The van der Waals surface area contributed by atoms with Gasteiger partial charge in [-0.1, -0.05) is 244 Å². The van der Waals surface area contributed by atoms with Gasteiger partial charge in [0.2, 0.25) is 14.0 Å². The van der Waals surface area contributed by atoms with Gasteiger partial charge in [-0.3, -0.25) is 0 Å². The summed E-state index contributed by atoms with van der Waals surface area (Å²) < 4.78 is 0. The van der Waals surface area contributed by atoms with Crippen LogP contribution in [0.15, 0.2) is 242 Å². The zero-order valence-electron chi connectivity index (χ0n) is 44.5. The minimum absolute atomic E-state index is 0.175. The molecule has 2 aliphatic heterocycles. The highest BCUT2D eigenvalue weighted by atomic mass is 15.1. The van der Waals surface area contributed by atoms with Crippen molar-refractivity contribution in [1.82, 2.24) is 0 Å². The molecule has 2 aliphatic carbocycles. The smallest absolute Gasteiger partial charge is 0.215 e. The molecule has 0 unspecified atom stereocenters. The van der Waals surface area contributed by atoms with Gasteiger partial charge in [-0.05, 0) is 142 Å². The summed E-state index contributed by atoms with van der Waals surface area (Å²) in [5.74, 6) is 0. The maximum atomic E-state index is 2.60. The first-order valence-corrected chi connectivity index (χ1v) is 27.9. The Labute approximate surface area is 458 Å². The number of rotatable bonds is 7. The van der Waals surface area contributed by atoms with E-state index < -0.39 is 0 Å². The molecule has 2 heterocycles. The number of allylic oxidation sites excluding steroid dienone is 2. The molecule has 2 nitrogen and oxygen atoms in total. The predicted octanol–water partition coefficient (Wildman–Crippen LogP) is 17.5. The van der Waals surface area contributed by atoms with E-state index in [4.69, 9.17) is 0 Å². The van der Waals surface area contributed by atoms with Gasteiger partial charge in [0.25, 0.3) is 0 Å². The minimum Gasteiger partial charge on any atom is -0.342 e. The third-order valence-electron chi connectivity index (χ3n) is 18.5. The first-order chi connectivity index (χ1) is 38.2. The Balaban J connectivity index is 0.920. The first kappa shape index (κ1) is 45.4. The van der Waals surface area contributed by atoms with E-state index in [0.29, 0.717) is 0 Å². The van der Waals surface area contributed by atoms with Crippen molar-refractivity contribution in [3.05, 3.63) is 270 Å². The molecule has 367 valence electrons. The van der Waals surface area contributed by atoms with E-state index in [9.17, 15) is 0 Å². The van der Waals surface area contributed by atoms with E-state index in [1.807, 2.05) is 0 Å². The Morgan fingerprint density at radius 3 is 1.78 bits per heavy atom. The van der Waals surface area contributed by atoms with Crippen molar-refractivity contribution in [3.8, 4) is 33.4 Å². The van der Waals surface area contributed by atoms with Crippen molar-refractivity contribution in [1.29, 1.82) is 0 Å². The predicted molar refractivity (Wildman–Crippen MR) is 335 cm³/mol. The molecule has 4 aliphatic rings. The topological polar surface area (TPSA) is 6.48 Å². The van der Waals surface area contributed by atoms with E-state index in [0.717, 1.165) is 24.1 Å². The second-order valence-electron chi connectivity index (χ2n) is 23.3. The lowest BCUT2D eigenvalue weighted by Gasteiger charge is -2.37. The van der Waals surface area contributed by atoms with Crippen molar-refractivity contribution in [3.63, 3.8) is 0 Å². The number of hydrogen-bond donors (Lipinski definition) is 0. The standard InChI is InChI=1S/C74H55B2N2/c1-73(2)61-32-13-11-26-51(61)53-37-36-50(43-63(53)73)78(67-39-35-47-21-16-29-55-54-28-15-19-46-20-17-31-57(69(46)54)71(67)70(47)55)68-40-38-65(75-68)60-45-64-59(52-27-12-14-33-62(52)74(64,3)4)44-58(60)56-30-18-34-66-72(56)77(49-24-9-6-10-25-49)42-41-76(66)48-22-7-5-8-23-48/h5-40,43-45H,41-42H2,1-4H3. The van der Waals surface area contributed by atoms with Crippen molar-refractivity contribution in [2.24, 2.45) is 0 Å². The Morgan fingerprint density at radius 2 is 1.04 bits per heavy atom. The SMILES string of the molecule is CC1(C)c2ccccc2-c2ccc(N(C3=CC=C(c4cc5c(cc4-c4cccc6c4N(c4ccccc4)CCB6c4ccccc4)-c4ccccc4C5(C)C)[B]3)c3ccc4cccc5c6cccc7cccc(c3c45)c76)cc21. The summed E-state index contributed by atoms with van der Waals surface area (Å²) in [6, 6.07) is 85.1. The average Bonchev–Trinajstić information content (AvgIpc) is 4.27. The number of anilines is 4. The zero-order chi connectivity index (χ0) is 52.0. The van der Waals surface area contributed by atoms with Crippen LogP contribution in [0.25, 0.3) is 81.9 Å². The number of hydrogen-bond acceptors (Lipinski definition) is 2. The molecular weight excluding hydrogens is 938 g/mol. The third-order valence-corrected chi connectivity index (χ3v) is 18.5. The van der Waals surface area contributed by atoms with Gasteiger partial charge in [0.15, 0.2) is 0 Å². The van der Waals surface area contributed by atoms with Crippen molar-refractivity contribution in [2.75, 3.05) is 16.3 Å². The van der Waals surface area contributed by atoms with Crippen LogP contribution in [-0.4, -0.2) is 20.5 Å². The number of nitrogens with zero attached hydrogens (tertiary/aromatic N) is 2. The Kier molecular flexibility index (Phi) is 9.78. The molecule has 0 spiro atoms. The zero-order valence-corrected chi connectivity index (χ0v) is 44.5. The van der Waals surface area contributed by atoms with Gasteiger partial charge in [-0.2, -0.15) is 0 Å². The monoisotopic (exact) mass is 993 g/mol. The van der Waals surface area contributed by atoms with Crippen molar-refractivity contribution < 1.29 is 0 Å². The summed E-state index contributed by atoms with van der Waals surface area (Å²) in [4.78, 5) is 5.18. The van der Waals surface area contributed by atoms with Crippen LogP contribution in [0, 0.1) is 0 Å². The normalized spacial score (nSPS) is 15.5. The van der Waals surface area contributed by atoms with Crippen LogP contribution >= 0.6 is 0 Å². The van der Waals surface area contributed by atoms with Gasteiger partial charge < -0.3 is 9.80 Å². The summed E-state index contributed by atoms with van der Waals surface area (Å²) in [5.41, 5.74) is 24.1. The van der Waals surface area contributed by atoms with E-state index >= 15 is 0 Å². The fraction of sp³-hybridized carbons (Fsp3) is 0.108. The summed E-state index contributed by atoms with van der Waals surface area (Å²) in [7, 11) is 2.49. The summed E-state index contributed by atoms with van der Waals surface area (Å²) in [5, 5.41) is 10.3. The molecule has 4 heteroatoms. The van der Waals surface area contributed by atoms with E-state index in [1.165, 1.54) is 138 Å². The lowest BCUT2D eigenvalue weighted by atomic mass is 9.37. The summed E-state index contributed by atoms with van der Waals surface area (Å²) in [6.07, 6.45) is 5.82. The molecule has 16 rings (SSSR count). The fourth-order valence-electron chi connectivity index (χ4n) is 14.8. The van der Waals surface area contributed by atoms with Crippen molar-refractivity contribution in [2.45, 2.75) is 44.8 Å². The summed E-state index contributed by atoms with van der Waals surface area (Å²) >= 11 is 0. The largest absolute Gasteiger partial charge is 0.342 e. The quantitative estimate of drug-likeness (QED) is 0.0892. The molecule has 1 radical (unpaired) electrons. The Hall–Kier alpha value is -8.85. The molecule has 78 heavy (non-hydrogen) atoms. The van der Waals surface area contributed by atoms with E-state index in [-0.39, 0.29) is 17.5 Å². The molecule has 12 aromatic carbocycles. The van der Waals surface area contributed by atoms with E-state index in [1.54, 1.807) is 0 Å². The third kappa shape index (κ3) is 6.47. The van der Waals surface area contributed by atoms with Crippen LogP contribution in [0.4, 0.5) is 22.7 Å². The van der Waals surface area contributed by atoms with Crippen LogP contribution in [0.1, 0.15) is 55.5 Å². The molecular formula is C74H55B2N2. The molecule has 0 amide bonds. The van der Waals surface area contributed by atoms with Crippen LogP contribution in [-0.2, 0) is 10.8 Å². The lowest BCUT2D eigenvalue weighted by Crippen LogP contribution is -2.50. The summed E-state index contributed by atoms with van der Waals surface area (Å²) in [6.45, 7) is 10.8. The van der Waals surface area contributed by atoms with E-state index in [2.05, 4.69) is 281 Å². The molecule has 0 saturated heterocycles. The molecule has 0 aromatic heterocycles. The van der Waals surface area contributed by atoms with Gasteiger partial charge in [-0.15, -0.1) is 0 Å². The molecule has 0 N–H and O–H groups in total. The van der Waals surface area contributed by atoms with Gasteiger partial charge in [0.05, 0.1) is 5.69 Å². The lowest BCUT2D eigenvalue weighted by molar-refractivity contribution is 0.660. The van der Waals surface area contributed by atoms with Crippen molar-refractivity contribution >= 4 is 96.2 Å². The second-order valence-corrected chi connectivity index (χ2v) is 23.3. The molecule has 12 aromatic rings. The van der Waals surface area contributed by atoms with Crippen LogP contribution < -0.4 is 20.7 Å². The Morgan fingerprint density at radius 1 is 0.436 bits per heavy atom. The highest BCUT2D eigenvalue weighted by Gasteiger charge is 2.40. The maximum absolute atomic E-state index is 2.60. The molecule has 0 atom stereocenters. The molecule has 0 bridgehead atoms. The first-order valence-electron chi connectivity index (χ1n) is 27.9. The maximum Gasteiger partial charge on any atom is 0.215 e. The number of para-hydroxylation sites is 2. The highest BCUT2D eigenvalue weighted by Crippen LogP contribution is 2.55. The number of fused-ring (bicyclic) bond motifs is 9. The van der Waals surface area contributed by atoms with Gasteiger partial charge in [0, 0.05) is 45.4 Å². The average molecular weight is 994 g/mol. The number of benzene rings is 12. The Bertz CT molecular complexity index is 4540. The van der Waals surface area contributed by atoms with Gasteiger partial charge in [-0.25, -0.2) is 0 Å². The second kappa shape index (κ2) is 16.8. The fourth-order valence-corrected chi connectivity index (χ4v) is 14.8. The van der Waals surface area contributed by atoms with Gasteiger partial charge >= 0.3 is 0 Å². The van der Waals surface area contributed by atoms with Gasteiger partial charge in [0.1, 0.15) is 0 Å². The highest BCUT2D eigenvalue weighted by molar-refractivity contribution is 6.87.